The Morgan fingerprint density at radius 3 is 2.71 bits per heavy atom. The lowest BCUT2D eigenvalue weighted by molar-refractivity contribution is 0.660. The van der Waals surface area contributed by atoms with Crippen LogP contribution in [0.2, 0.25) is 0 Å². The van der Waals surface area contributed by atoms with Crippen molar-refractivity contribution in [1.82, 2.24) is 19.7 Å². The third-order valence-corrected chi connectivity index (χ3v) is 2.81. The molecule has 0 saturated heterocycles. The molecule has 0 aromatic carbocycles. The van der Waals surface area contributed by atoms with E-state index in [0.717, 1.165) is 23.4 Å². The quantitative estimate of drug-likeness (QED) is 0.872. The third kappa shape index (κ3) is 2.13. The maximum Gasteiger partial charge on any atom is 0.254 e. The van der Waals surface area contributed by atoms with Crippen LogP contribution in [0.3, 0.4) is 0 Å². The number of hydrogen-bond donors (Lipinski definition) is 1. The standard InChI is InChI=1S/C12H16N4O/c1-4-10-8(3)14-11(15-12(10)17)9-6-13-16(5-2)7-9/h6-7H,4-5H2,1-3H3,(H,14,15,17). The molecule has 2 rings (SSSR count). The second-order valence-electron chi connectivity index (χ2n) is 3.92. The van der Waals surface area contributed by atoms with Crippen LogP contribution in [-0.2, 0) is 13.0 Å². The van der Waals surface area contributed by atoms with Gasteiger partial charge in [-0.25, -0.2) is 4.98 Å². The Kier molecular flexibility index (Phi) is 3.08. The van der Waals surface area contributed by atoms with Crippen LogP contribution in [0.25, 0.3) is 11.4 Å². The molecule has 1 N–H and O–H groups in total. The first kappa shape index (κ1) is 11.6. The minimum absolute atomic E-state index is 0.0563. The molecular formula is C12H16N4O. The summed E-state index contributed by atoms with van der Waals surface area (Å²) in [6.45, 7) is 6.63. The van der Waals surface area contributed by atoms with Crippen LogP contribution in [0, 0.1) is 6.92 Å². The molecule has 2 aromatic rings. The summed E-state index contributed by atoms with van der Waals surface area (Å²) in [6, 6.07) is 0. The number of nitrogens with one attached hydrogen (secondary N) is 1. The van der Waals surface area contributed by atoms with E-state index >= 15 is 0 Å². The summed E-state index contributed by atoms with van der Waals surface area (Å²) in [5.74, 6) is 0.587. The van der Waals surface area contributed by atoms with Crippen molar-refractivity contribution in [3.8, 4) is 11.4 Å². The van der Waals surface area contributed by atoms with Crippen molar-refractivity contribution >= 4 is 0 Å². The SMILES string of the molecule is CCc1c(C)nc(-c2cnn(CC)c2)[nH]c1=O. The molecule has 5 heteroatoms. The molecule has 17 heavy (non-hydrogen) atoms. The predicted molar refractivity (Wildman–Crippen MR) is 65.9 cm³/mol. The molecule has 0 fully saturated rings. The first-order chi connectivity index (χ1) is 8.15. The third-order valence-electron chi connectivity index (χ3n) is 2.81. The Bertz CT molecular complexity index is 582. The zero-order valence-corrected chi connectivity index (χ0v) is 10.3. The molecule has 0 amide bonds. The minimum atomic E-state index is -0.0563. The van der Waals surface area contributed by atoms with Crippen LogP contribution >= 0.6 is 0 Å². The molecule has 0 unspecified atom stereocenters. The van der Waals surface area contributed by atoms with E-state index in [2.05, 4.69) is 15.1 Å². The largest absolute Gasteiger partial charge is 0.306 e. The predicted octanol–water partition coefficient (Wildman–Crippen LogP) is 1.52. The Morgan fingerprint density at radius 2 is 2.18 bits per heavy atom. The summed E-state index contributed by atoms with van der Waals surface area (Å²) in [5, 5.41) is 4.17. The van der Waals surface area contributed by atoms with E-state index in [9.17, 15) is 4.79 Å². The highest BCUT2D eigenvalue weighted by Crippen LogP contribution is 2.13. The van der Waals surface area contributed by atoms with Gasteiger partial charge in [0, 0.05) is 24.0 Å². The highest BCUT2D eigenvalue weighted by atomic mass is 16.1. The molecule has 5 nitrogen and oxygen atoms in total. The summed E-state index contributed by atoms with van der Waals surface area (Å²) in [6.07, 6.45) is 4.29. The minimum Gasteiger partial charge on any atom is -0.306 e. The van der Waals surface area contributed by atoms with Crippen LogP contribution in [0.5, 0.6) is 0 Å². The van der Waals surface area contributed by atoms with Crippen LogP contribution < -0.4 is 5.56 Å². The first-order valence-electron chi connectivity index (χ1n) is 5.78. The summed E-state index contributed by atoms with van der Waals surface area (Å²) in [4.78, 5) is 19.0. The van der Waals surface area contributed by atoms with Gasteiger partial charge in [-0.1, -0.05) is 6.92 Å². The number of nitrogens with zero attached hydrogens (tertiary/aromatic N) is 3. The Hall–Kier alpha value is -1.91. The summed E-state index contributed by atoms with van der Waals surface area (Å²) in [7, 11) is 0. The highest BCUT2D eigenvalue weighted by molar-refractivity contribution is 5.52. The molecule has 2 heterocycles. The highest BCUT2D eigenvalue weighted by Gasteiger charge is 2.09. The molecule has 2 aromatic heterocycles. The Balaban J connectivity index is 2.50. The molecule has 0 aliphatic carbocycles. The van der Waals surface area contributed by atoms with E-state index in [1.54, 1.807) is 10.9 Å². The van der Waals surface area contributed by atoms with E-state index in [-0.39, 0.29) is 5.56 Å². The fourth-order valence-electron chi connectivity index (χ4n) is 1.82. The van der Waals surface area contributed by atoms with Gasteiger partial charge in [0.15, 0.2) is 0 Å². The number of aromatic amines is 1. The van der Waals surface area contributed by atoms with Gasteiger partial charge in [-0.2, -0.15) is 5.10 Å². The Labute approximate surface area is 99.5 Å². The van der Waals surface area contributed by atoms with Crippen molar-refractivity contribution in [2.24, 2.45) is 0 Å². The van der Waals surface area contributed by atoms with Gasteiger partial charge < -0.3 is 4.98 Å². The molecule has 0 aliphatic rings. The van der Waals surface area contributed by atoms with Crippen molar-refractivity contribution in [3.05, 3.63) is 34.0 Å². The van der Waals surface area contributed by atoms with Crippen molar-refractivity contribution in [1.29, 1.82) is 0 Å². The number of aryl methyl sites for hydroxylation is 2. The number of hydrogen-bond acceptors (Lipinski definition) is 3. The fraction of sp³-hybridized carbons (Fsp3) is 0.417. The fourth-order valence-corrected chi connectivity index (χ4v) is 1.82. The lowest BCUT2D eigenvalue weighted by Gasteiger charge is -2.03. The average Bonchev–Trinajstić information content (AvgIpc) is 2.77. The van der Waals surface area contributed by atoms with Gasteiger partial charge >= 0.3 is 0 Å². The molecule has 0 atom stereocenters. The lowest BCUT2D eigenvalue weighted by Crippen LogP contribution is -2.16. The van der Waals surface area contributed by atoms with E-state index in [1.807, 2.05) is 27.0 Å². The molecule has 0 bridgehead atoms. The lowest BCUT2D eigenvalue weighted by atomic mass is 10.2. The summed E-state index contributed by atoms with van der Waals surface area (Å²) >= 11 is 0. The molecule has 90 valence electrons. The van der Waals surface area contributed by atoms with E-state index in [1.165, 1.54) is 0 Å². The van der Waals surface area contributed by atoms with Crippen LogP contribution in [-0.4, -0.2) is 19.7 Å². The second kappa shape index (κ2) is 4.53. The van der Waals surface area contributed by atoms with Gasteiger partial charge in [0.05, 0.1) is 11.8 Å². The zero-order chi connectivity index (χ0) is 12.4. The molecule has 0 saturated carbocycles. The van der Waals surface area contributed by atoms with Gasteiger partial charge in [-0.05, 0) is 20.3 Å². The summed E-state index contributed by atoms with van der Waals surface area (Å²) in [5.41, 5.74) is 2.32. The van der Waals surface area contributed by atoms with Gasteiger partial charge in [0.2, 0.25) is 0 Å². The Morgan fingerprint density at radius 1 is 1.41 bits per heavy atom. The number of rotatable bonds is 3. The van der Waals surface area contributed by atoms with Gasteiger partial charge in [0.25, 0.3) is 5.56 Å². The maximum atomic E-state index is 11.8. The van der Waals surface area contributed by atoms with E-state index < -0.39 is 0 Å². The van der Waals surface area contributed by atoms with Gasteiger partial charge in [-0.15, -0.1) is 0 Å². The number of H-pyrrole nitrogens is 1. The van der Waals surface area contributed by atoms with Crippen LogP contribution in [0.4, 0.5) is 0 Å². The molecule has 0 spiro atoms. The van der Waals surface area contributed by atoms with Crippen molar-refractivity contribution in [2.75, 3.05) is 0 Å². The van der Waals surface area contributed by atoms with Crippen molar-refractivity contribution < 1.29 is 0 Å². The molecule has 0 radical (unpaired) electrons. The molecule has 0 aliphatic heterocycles. The molecular weight excluding hydrogens is 216 g/mol. The topological polar surface area (TPSA) is 63.6 Å². The van der Waals surface area contributed by atoms with Crippen LogP contribution in [0.1, 0.15) is 25.1 Å². The van der Waals surface area contributed by atoms with Gasteiger partial charge in [-0.3, -0.25) is 9.48 Å². The summed E-state index contributed by atoms with van der Waals surface area (Å²) < 4.78 is 1.80. The van der Waals surface area contributed by atoms with E-state index in [0.29, 0.717) is 12.2 Å². The second-order valence-corrected chi connectivity index (χ2v) is 3.92. The van der Waals surface area contributed by atoms with Gasteiger partial charge in [0.1, 0.15) is 5.82 Å². The van der Waals surface area contributed by atoms with Crippen LogP contribution in [0.15, 0.2) is 17.2 Å². The average molecular weight is 232 g/mol. The maximum absolute atomic E-state index is 11.8. The smallest absolute Gasteiger partial charge is 0.254 e. The zero-order valence-electron chi connectivity index (χ0n) is 10.3. The normalized spacial score (nSPS) is 10.8. The van der Waals surface area contributed by atoms with Crippen molar-refractivity contribution in [2.45, 2.75) is 33.7 Å². The first-order valence-corrected chi connectivity index (χ1v) is 5.78. The van der Waals surface area contributed by atoms with E-state index in [4.69, 9.17) is 0 Å². The monoisotopic (exact) mass is 232 g/mol. The number of aromatic nitrogens is 4. The van der Waals surface area contributed by atoms with Crippen molar-refractivity contribution in [3.63, 3.8) is 0 Å².